The largest absolute Gasteiger partial charge is 0.240 e. The molecule has 1 N–H and O–H groups in total. The Labute approximate surface area is 102 Å². The zero-order valence-electron chi connectivity index (χ0n) is 9.67. The van der Waals surface area contributed by atoms with E-state index in [0.29, 0.717) is 16.7 Å². The van der Waals surface area contributed by atoms with Gasteiger partial charge in [-0.05, 0) is 49.7 Å². The summed E-state index contributed by atoms with van der Waals surface area (Å²) in [6.07, 6.45) is 4.72. The number of nitrogens with one attached hydrogen (secondary N) is 1. The van der Waals surface area contributed by atoms with Crippen LogP contribution in [0.4, 0.5) is 0 Å². The standard InChI is InChI=1S/C13H17NO2S/c15-17(16,12-4-2-1-3-5-12)14-13(10-6-7-10)11-8-9-11/h1-5,10-11,13-14H,6-9H2. The van der Waals surface area contributed by atoms with Gasteiger partial charge in [-0.15, -0.1) is 0 Å². The van der Waals surface area contributed by atoms with E-state index in [1.54, 1.807) is 24.3 Å². The minimum Gasteiger partial charge on any atom is -0.208 e. The van der Waals surface area contributed by atoms with E-state index in [0.717, 1.165) is 0 Å². The van der Waals surface area contributed by atoms with Gasteiger partial charge in [0.2, 0.25) is 10.0 Å². The zero-order valence-corrected chi connectivity index (χ0v) is 10.5. The quantitative estimate of drug-likeness (QED) is 0.871. The summed E-state index contributed by atoms with van der Waals surface area (Å²) in [6.45, 7) is 0. The molecule has 0 saturated heterocycles. The van der Waals surface area contributed by atoms with Crippen LogP contribution in [0.3, 0.4) is 0 Å². The molecule has 0 spiro atoms. The number of rotatable bonds is 5. The molecular weight excluding hydrogens is 234 g/mol. The molecule has 2 aliphatic rings. The van der Waals surface area contributed by atoms with Gasteiger partial charge < -0.3 is 0 Å². The molecule has 0 atom stereocenters. The molecule has 2 aliphatic carbocycles. The van der Waals surface area contributed by atoms with Gasteiger partial charge in [0.05, 0.1) is 4.90 Å². The number of sulfonamides is 1. The van der Waals surface area contributed by atoms with Gasteiger partial charge in [-0.1, -0.05) is 18.2 Å². The summed E-state index contributed by atoms with van der Waals surface area (Å²) < 4.78 is 27.3. The highest BCUT2D eigenvalue weighted by molar-refractivity contribution is 7.89. The Bertz CT molecular complexity index is 477. The van der Waals surface area contributed by atoms with E-state index in [1.165, 1.54) is 25.7 Å². The van der Waals surface area contributed by atoms with E-state index in [2.05, 4.69) is 4.72 Å². The third-order valence-corrected chi connectivity index (χ3v) is 5.08. The highest BCUT2D eigenvalue weighted by atomic mass is 32.2. The maximum Gasteiger partial charge on any atom is 0.240 e. The van der Waals surface area contributed by atoms with E-state index >= 15 is 0 Å². The van der Waals surface area contributed by atoms with E-state index in [1.807, 2.05) is 6.07 Å². The van der Waals surface area contributed by atoms with Gasteiger partial charge in [-0.3, -0.25) is 0 Å². The van der Waals surface area contributed by atoms with E-state index in [-0.39, 0.29) is 6.04 Å². The van der Waals surface area contributed by atoms with Crippen molar-refractivity contribution in [3.05, 3.63) is 30.3 Å². The molecule has 0 aliphatic heterocycles. The minimum absolute atomic E-state index is 0.181. The summed E-state index contributed by atoms with van der Waals surface area (Å²) in [5, 5.41) is 0. The van der Waals surface area contributed by atoms with Crippen LogP contribution in [-0.4, -0.2) is 14.5 Å². The molecule has 2 fully saturated rings. The number of hydrogen-bond donors (Lipinski definition) is 1. The summed E-state index contributed by atoms with van der Waals surface area (Å²) >= 11 is 0. The van der Waals surface area contributed by atoms with Crippen molar-refractivity contribution in [2.45, 2.75) is 36.6 Å². The lowest BCUT2D eigenvalue weighted by atomic mass is 10.1. The summed E-state index contributed by atoms with van der Waals surface area (Å²) in [5.74, 6) is 1.17. The van der Waals surface area contributed by atoms with Gasteiger partial charge in [0.15, 0.2) is 0 Å². The Morgan fingerprint density at radius 3 is 2.00 bits per heavy atom. The first kappa shape index (κ1) is 11.2. The van der Waals surface area contributed by atoms with E-state index in [9.17, 15) is 8.42 Å². The fourth-order valence-corrected chi connectivity index (χ4v) is 3.73. The summed E-state index contributed by atoms with van der Waals surface area (Å²) in [4.78, 5) is 0.381. The van der Waals surface area contributed by atoms with Gasteiger partial charge in [0.1, 0.15) is 0 Å². The van der Waals surface area contributed by atoms with Crippen LogP contribution in [0, 0.1) is 11.8 Å². The molecule has 0 bridgehead atoms. The summed E-state index contributed by atoms with van der Waals surface area (Å²) in [6, 6.07) is 8.84. The first-order valence-corrected chi connectivity index (χ1v) is 7.72. The molecule has 0 aromatic heterocycles. The first-order chi connectivity index (χ1) is 8.17. The topological polar surface area (TPSA) is 46.2 Å². The molecule has 0 radical (unpaired) electrons. The molecular formula is C13H17NO2S. The van der Waals surface area contributed by atoms with Crippen LogP contribution in [0.15, 0.2) is 35.2 Å². The molecule has 17 heavy (non-hydrogen) atoms. The fraction of sp³-hybridized carbons (Fsp3) is 0.538. The molecule has 0 amide bonds. The third-order valence-electron chi connectivity index (χ3n) is 3.60. The molecule has 4 heteroatoms. The lowest BCUT2D eigenvalue weighted by Crippen LogP contribution is -2.38. The van der Waals surface area contributed by atoms with E-state index < -0.39 is 10.0 Å². The van der Waals surface area contributed by atoms with E-state index in [4.69, 9.17) is 0 Å². The van der Waals surface area contributed by atoms with Gasteiger partial charge in [-0.2, -0.15) is 0 Å². The monoisotopic (exact) mass is 251 g/mol. The second kappa shape index (κ2) is 4.10. The van der Waals surface area contributed by atoms with Crippen LogP contribution in [-0.2, 0) is 10.0 Å². The maximum atomic E-state index is 12.2. The smallest absolute Gasteiger partial charge is 0.208 e. The Balaban J connectivity index is 1.78. The van der Waals surface area contributed by atoms with Crippen LogP contribution >= 0.6 is 0 Å². The van der Waals surface area contributed by atoms with Crippen molar-refractivity contribution in [2.24, 2.45) is 11.8 Å². The number of hydrogen-bond acceptors (Lipinski definition) is 2. The van der Waals surface area contributed by atoms with Crippen LogP contribution in [0.1, 0.15) is 25.7 Å². The van der Waals surface area contributed by atoms with Gasteiger partial charge in [-0.25, -0.2) is 13.1 Å². The van der Waals surface area contributed by atoms with Crippen molar-refractivity contribution >= 4 is 10.0 Å². The highest BCUT2D eigenvalue weighted by Gasteiger charge is 2.43. The molecule has 1 aromatic rings. The molecule has 1 aromatic carbocycles. The average Bonchev–Trinajstić information content (AvgIpc) is 3.18. The average molecular weight is 251 g/mol. The van der Waals surface area contributed by atoms with Crippen LogP contribution in [0.25, 0.3) is 0 Å². The first-order valence-electron chi connectivity index (χ1n) is 6.24. The molecule has 92 valence electrons. The van der Waals surface area contributed by atoms with Crippen molar-refractivity contribution < 1.29 is 8.42 Å². The molecule has 2 saturated carbocycles. The maximum absolute atomic E-state index is 12.2. The molecule has 3 rings (SSSR count). The predicted molar refractivity (Wildman–Crippen MR) is 66.0 cm³/mol. The van der Waals surface area contributed by atoms with Gasteiger partial charge >= 0.3 is 0 Å². The molecule has 3 nitrogen and oxygen atoms in total. The van der Waals surface area contributed by atoms with Gasteiger partial charge in [0, 0.05) is 6.04 Å². The van der Waals surface area contributed by atoms with Crippen LogP contribution in [0.5, 0.6) is 0 Å². The fourth-order valence-electron chi connectivity index (χ4n) is 2.33. The third kappa shape index (κ3) is 2.53. The Hall–Kier alpha value is -0.870. The Morgan fingerprint density at radius 2 is 1.53 bits per heavy atom. The molecule has 0 heterocycles. The van der Waals surface area contributed by atoms with Crippen molar-refractivity contribution in [1.82, 2.24) is 4.72 Å². The van der Waals surface area contributed by atoms with Crippen LogP contribution in [0.2, 0.25) is 0 Å². The highest BCUT2D eigenvalue weighted by Crippen LogP contribution is 2.45. The second-order valence-electron chi connectivity index (χ2n) is 5.13. The zero-order chi connectivity index (χ0) is 11.9. The van der Waals surface area contributed by atoms with Crippen molar-refractivity contribution in [1.29, 1.82) is 0 Å². The second-order valence-corrected chi connectivity index (χ2v) is 6.85. The van der Waals surface area contributed by atoms with Crippen molar-refractivity contribution in [3.63, 3.8) is 0 Å². The predicted octanol–water partition coefficient (Wildman–Crippen LogP) is 2.15. The normalized spacial score (nSPS) is 20.8. The Kier molecular flexibility index (Phi) is 2.71. The number of benzene rings is 1. The lowest BCUT2D eigenvalue weighted by Gasteiger charge is -2.17. The van der Waals surface area contributed by atoms with Crippen molar-refractivity contribution in [3.8, 4) is 0 Å². The van der Waals surface area contributed by atoms with Crippen molar-refractivity contribution in [2.75, 3.05) is 0 Å². The Morgan fingerprint density at radius 1 is 1.00 bits per heavy atom. The molecule has 0 unspecified atom stereocenters. The summed E-state index contributed by atoms with van der Waals surface area (Å²) in [7, 11) is -3.32. The van der Waals surface area contributed by atoms with Crippen LogP contribution < -0.4 is 4.72 Å². The lowest BCUT2D eigenvalue weighted by molar-refractivity contribution is 0.471. The van der Waals surface area contributed by atoms with Gasteiger partial charge in [0.25, 0.3) is 0 Å². The summed E-state index contributed by atoms with van der Waals surface area (Å²) in [5.41, 5.74) is 0. The minimum atomic E-state index is -3.32. The SMILES string of the molecule is O=S(=O)(NC(C1CC1)C1CC1)c1ccccc1.